The number of anilines is 1. The van der Waals surface area contributed by atoms with Crippen molar-refractivity contribution >= 4 is 6.01 Å². The van der Waals surface area contributed by atoms with Crippen molar-refractivity contribution in [1.82, 2.24) is 15.5 Å². The van der Waals surface area contributed by atoms with E-state index in [1.807, 2.05) is 33.0 Å². The van der Waals surface area contributed by atoms with Crippen molar-refractivity contribution in [3.63, 3.8) is 0 Å². The summed E-state index contributed by atoms with van der Waals surface area (Å²) in [6.45, 7) is 4.44. The van der Waals surface area contributed by atoms with Crippen LogP contribution in [0.5, 0.6) is 0 Å². The maximum absolute atomic E-state index is 5.51. The number of hydrogen-bond acceptors (Lipinski definition) is 6. The lowest BCUT2D eigenvalue weighted by Gasteiger charge is -2.07. The van der Waals surface area contributed by atoms with E-state index in [-0.39, 0.29) is 6.04 Å². The average Bonchev–Trinajstić information content (AvgIpc) is 2.88. The van der Waals surface area contributed by atoms with Gasteiger partial charge in [0.2, 0.25) is 5.89 Å². The summed E-state index contributed by atoms with van der Waals surface area (Å²) in [5.41, 5.74) is 0. The molecule has 2 aromatic rings. The Morgan fingerprint density at radius 1 is 1.29 bits per heavy atom. The molecule has 0 fully saturated rings. The fourth-order valence-electron chi connectivity index (χ4n) is 1.48. The van der Waals surface area contributed by atoms with Crippen LogP contribution in [0.25, 0.3) is 0 Å². The molecule has 0 aromatic carbocycles. The van der Waals surface area contributed by atoms with Crippen molar-refractivity contribution in [3.05, 3.63) is 29.5 Å². The van der Waals surface area contributed by atoms with Gasteiger partial charge in [0.15, 0.2) is 0 Å². The highest BCUT2D eigenvalue weighted by atomic mass is 16.4. The Bertz CT molecular complexity index is 477. The second-order valence-corrected chi connectivity index (χ2v) is 3.85. The van der Waals surface area contributed by atoms with Crippen LogP contribution in [0.15, 0.2) is 21.0 Å². The fraction of sp³-hybridized carbons (Fsp3) is 0.455. The van der Waals surface area contributed by atoms with E-state index in [9.17, 15) is 0 Å². The largest absolute Gasteiger partial charge is 0.464 e. The van der Waals surface area contributed by atoms with Crippen LogP contribution in [0.1, 0.15) is 30.4 Å². The standard InChI is InChI=1S/C11H16N4O2/c1-7-4-5-9(16-7)8(2)13-11-15-14-10(17-11)6-12-3/h4-5,8,12H,6H2,1-3H3,(H,13,15). The van der Waals surface area contributed by atoms with Gasteiger partial charge in [-0.15, -0.1) is 5.10 Å². The Morgan fingerprint density at radius 3 is 2.76 bits per heavy atom. The van der Waals surface area contributed by atoms with Gasteiger partial charge in [-0.1, -0.05) is 5.10 Å². The van der Waals surface area contributed by atoms with Crippen LogP contribution in [-0.2, 0) is 6.54 Å². The summed E-state index contributed by atoms with van der Waals surface area (Å²) in [6.07, 6.45) is 0. The predicted molar refractivity (Wildman–Crippen MR) is 62.5 cm³/mol. The van der Waals surface area contributed by atoms with Crippen LogP contribution in [0.2, 0.25) is 0 Å². The second-order valence-electron chi connectivity index (χ2n) is 3.85. The van der Waals surface area contributed by atoms with Crippen LogP contribution in [0.4, 0.5) is 6.01 Å². The van der Waals surface area contributed by atoms with E-state index in [4.69, 9.17) is 8.83 Å². The van der Waals surface area contributed by atoms with E-state index in [0.717, 1.165) is 11.5 Å². The minimum Gasteiger partial charge on any atom is -0.464 e. The second kappa shape index (κ2) is 5.01. The predicted octanol–water partition coefficient (Wildman–Crippen LogP) is 1.86. The molecule has 1 unspecified atom stereocenters. The normalized spacial score (nSPS) is 12.6. The lowest BCUT2D eigenvalue weighted by molar-refractivity contribution is 0.452. The first-order chi connectivity index (χ1) is 8.19. The average molecular weight is 236 g/mol. The van der Waals surface area contributed by atoms with Crippen molar-refractivity contribution in [3.8, 4) is 0 Å². The molecule has 0 saturated heterocycles. The molecule has 2 N–H and O–H groups in total. The Hall–Kier alpha value is -1.82. The van der Waals surface area contributed by atoms with Crippen molar-refractivity contribution in [1.29, 1.82) is 0 Å². The summed E-state index contributed by atoms with van der Waals surface area (Å²) in [5, 5.41) is 13.8. The molecule has 0 aliphatic rings. The Labute approximate surface area is 99.4 Å². The van der Waals surface area contributed by atoms with Crippen molar-refractivity contribution < 1.29 is 8.83 Å². The van der Waals surface area contributed by atoms with E-state index in [1.54, 1.807) is 0 Å². The van der Waals surface area contributed by atoms with Crippen molar-refractivity contribution in [2.45, 2.75) is 26.4 Å². The third-order valence-corrected chi connectivity index (χ3v) is 2.32. The monoisotopic (exact) mass is 236 g/mol. The number of furan rings is 1. The Morgan fingerprint density at radius 2 is 2.12 bits per heavy atom. The number of nitrogens with zero attached hydrogens (tertiary/aromatic N) is 2. The smallest absolute Gasteiger partial charge is 0.316 e. The van der Waals surface area contributed by atoms with Gasteiger partial charge in [0, 0.05) is 0 Å². The molecule has 92 valence electrons. The zero-order valence-corrected chi connectivity index (χ0v) is 10.2. The summed E-state index contributed by atoms with van der Waals surface area (Å²) in [6, 6.07) is 4.24. The third kappa shape index (κ3) is 2.85. The minimum atomic E-state index is -0.00779. The zero-order chi connectivity index (χ0) is 12.3. The summed E-state index contributed by atoms with van der Waals surface area (Å²) < 4.78 is 10.9. The molecule has 6 heteroatoms. The van der Waals surface area contributed by atoms with E-state index < -0.39 is 0 Å². The maximum atomic E-state index is 5.51. The van der Waals surface area contributed by atoms with Gasteiger partial charge < -0.3 is 19.5 Å². The molecule has 2 rings (SSSR count). The van der Waals surface area contributed by atoms with Gasteiger partial charge >= 0.3 is 6.01 Å². The van der Waals surface area contributed by atoms with Crippen molar-refractivity contribution in [2.24, 2.45) is 0 Å². The minimum absolute atomic E-state index is 0.00779. The Balaban J connectivity index is 1.99. The first kappa shape index (κ1) is 11.7. The molecule has 0 saturated carbocycles. The lowest BCUT2D eigenvalue weighted by Crippen LogP contribution is -2.06. The van der Waals surface area contributed by atoms with Gasteiger partial charge in [0.05, 0.1) is 12.6 Å². The van der Waals surface area contributed by atoms with Gasteiger partial charge in [0.25, 0.3) is 0 Å². The van der Waals surface area contributed by atoms with Crippen LogP contribution >= 0.6 is 0 Å². The molecular formula is C11H16N4O2. The van der Waals surface area contributed by atoms with Gasteiger partial charge in [-0.2, -0.15) is 0 Å². The Kier molecular flexibility index (Phi) is 3.43. The molecular weight excluding hydrogens is 220 g/mol. The lowest BCUT2D eigenvalue weighted by atomic mass is 10.2. The molecule has 0 bridgehead atoms. The number of hydrogen-bond donors (Lipinski definition) is 2. The number of aryl methyl sites for hydroxylation is 1. The quantitative estimate of drug-likeness (QED) is 0.825. The summed E-state index contributed by atoms with van der Waals surface area (Å²) >= 11 is 0. The van der Waals surface area contributed by atoms with Crippen LogP contribution < -0.4 is 10.6 Å². The molecule has 0 aliphatic carbocycles. The van der Waals surface area contributed by atoms with Crippen LogP contribution in [0, 0.1) is 6.92 Å². The van der Waals surface area contributed by atoms with E-state index in [1.165, 1.54) is 0 Å². The molecule has 0 spiro atoms. The SMILES string of the molecule is CNCc1nnc(NC(C)c2ccc(C)o2)o1. The highest BCUT2D eigenvalue weighted by Crippen LogP contribution is 2.20. The highest BCUT2D eigenvalue weighted by molar-refractivity contribution is 5.23. The molecule has 0 aliphatic heterocycles. The van der Waals surface area contributed by atoms with Crippen molar-refractivity contribution in [2.75, 3.05) is 12.4 Å². The summed E-state index contributed by atoms with van der Waals surface area (Å²) in [5.74, 6) is 2.28. The zero-order valence-electron chi connectivity index (χ0n) is 10.2. The van der Waals surface area contributed by atoms with Gasteiger partial charge in [-0.25, -0.2) is 0 Å². The molecule has 2 heterocycles. The number of nitrogens with one attached hydrogen (secondary N) is 2. The van der Waals surface area contributed by atoms with Crippen LogP contribution in [0.3, 0.4) is 0 Å². The summed E-state index contributed by atoms with van der Waals surface area (Å²) in [7, 11) is 1.82. The highest BCUT2D eigenvalue weighted by Gasteiger charge is 2.13. The van der Waals surface area contributed by atoms with E-state index >= 15 is 0 Å². The van der Waals surface area contributed by atoms with E-state index in [2.05, 4.69) is 20.8 Å². The topological polar surface area (TPSA) is 76.1 Å². The van der Waals surface area contributed by atoms with Gasteiger partial charge in [0.1, 0.15) is 11.5 Å². The number of aromatic nitrogens is 2. The summed E-state index contributed by atoms with van der Waals surface area (Å²) in [4.78, 5) is 0. The first-order valence-electron chi connectivity index (χ1n) is 5.49. The molecule has 2 aromatic heterocycles. The maximum Gasteiger partial charge on any atom is 0.316 e. The molecule has 6 nitrogen and oxygen atoms in total. The molecule has 17 heavy (non-hydrogen) atoms. The van der Waals surface area contributed by atoms with Gasteiger partial charge in [-0.3, -0.25) is 0 Å². The molecule has 0 amide bonds. The molecule has 0 radical (unpaired) electrons. The first-order valence-corrected chi connectivity index (χ1v) is 5.49. The third-order valence-electron chi connectivity index (χ3n) is 2.32. The van der Waals surface area contributed by atoms with Crippen LogP contribution in [-0.4, -0.2) is 17.2 Å². The number of rotatable bonds is 5. The van der Waals surface area contributed by atoms with E-state index in [0.29, 0.717) is 18.5 Å². The molecule has 1 atom stereocenters. The van der Waals surface area contributed by atoms with Gasteiger partial charge in [-0.05, 0) is 33.0 Å². The fourth-order valence-corrected chi connectivity index (χ4v) is 1.48.